The minimum atomic E-state index is -1.16. The first-order valence-electron chi connectivity index (χ1n) is 13.4. The number of carbonyl (C=O) groups excluding carboxylic acids is 5. The van der Waals surface area contributed by atoms with Gasteiger partial charge in [0.25, 0.3) is 11.8 Å². The van der Waals surface area contributed by atoms with Crippen molar-refractivity contribution in [3.8, 4) is 5.75 Å². The normalized spacial score (nSPS) is 26.9. The van der Waals surface area contributed by atoms with E-state index < -0.39 is 41.4 Å². The number of fused-ring (bicyclic) bond motifs is 1. The number of nitrogens with one attached hydrogen (secondary N) is 3. The molecule has 0 bridgehead atoms. The third-order valence-electron chi connectivity index (χ3n) is 8.11. The van der Waals surface area contributed by atoms with Crippen molar-refractivity contribution in [1.29, 1.82) is 0 Å². The van der Waals surface area contributed by atoms with Crippen molar-refractivity contribution < 1.29 is 33.1 Å². The predicted octanol–water partition coefficient (Wildman–Crippen LogP) is 0.690. The molecule has 204 valence electrons. The lowest BCUT2D eigenvalue weighted by molar-refractivity contribution is -0.143. The second kappa shape index (κ2) is 11.1. The highest BCUT2D eigenvalue weighted by Gasteiger charge is 2.50. The van der Waals surface area contributed by atoms with Crippen LogP contribution in [0.1, 0.15) is 44.9 Å². The molecule has 2 aliphatic heterocycles. The number of nitrogens with zero attached hydrogens (tertiary/aromatic N) is 1. The molecule has 1 aromatic carbocycles. The quantitative estimate of drug-likeness (QED) is 0.383. The third-order valence-corrected chi connectivity index (χ3v) is 8.11. The molecular weight excluding hydrogens is 495 g/mol. The third kappa shape index (κ3) is 5.81. The van der Waals surface area contributed by atoms with Crippen LogP contribution in [0.2, 0.25) is 0 Å². The molecule has 10 nitrogen and oxygen atoms in total. The zero-order valence-corrected chi connectivity index (χ0v) is 21.1. The van der Waals surface area contributed by atoms with Crippen molar-refractivity contribution in [3.05, 3.63) is 30.1 Å². The van der Waals surface area contributed by atoms with E-state index in [-0.39, 0.29) is 42.7 Å². The lowest BCUT2D eigenvalue weighted by Crippen LogP contribution is -2.55. The van der Waals surface area contributed by atoms with Gasteiger partial charge in [-0.3, -0.25) is 24.0 Å². The fraction of sp³-hybridized carbons (Fsp3) is 0.593. The molecular formula is C27H33FN4O6. The minimum absolute atomic E-state index is 0.0247. The maximum atomic E-state index is 13.7. The van der Waals surface area contributed by atoms with Crippen LogP contribution in [0.5, 0.6) is 5.75 Å². The smallest absolute Gasteiger partial charge is 0.289 e. The Morgan fingerprint density at radius 1 is 1.08 bits per heavy atom. The molecule has 2 aliphatic carbocycles. The van der Waals surface area contributed by atoms with Gasteiger partial charge >= 0.3 is 0 Å². The van der Waals surface area contributed by atoms with Crippen molar-refractivity contribution in [3.63, 3.8) is 0 Å². The van der Waals surface area contributed by atoms with E-state index in [9.17, 15) is 28.4 Å². The minimum Gasteiger partial charge on any atom is -0.484 e. The van der Waals surface area contributed by atoms with Crippen LogP contribution in [0, 0.1) is 23.6 Å². The average Bonchev–Trinajstić information content (AvgIpc) is 3.26. The van der Waals surface area contributed by atoms with Gasteiger partial charge in [0.15, 0.2) is 6.61 Å². The first-order valence-corrected chi connectivity index (χ1v) is 13.4. The van der Waals surface area contributed by atoms with Crippen LogP contribution in [0.3, 0.4) is 0 Å². The molecule has 0 unspecified atom stereocenters. The Morgan fingerprint density at radius 3 is 2.53 bits per heavy atom. The molecule has 2 saturated carbocycles. The van der Waals surface area contributed by atoms with Crippen LogP contribution in [0.4, 0.5) is 4.39 Å². The SMILES string of the molecule is O=C(NC1CC1)C(=O)[C@H](C[C@@H]1CCNC1=O)NC(=O)[C@@H]1[C@H]2CCC[C@H]2CN1C(=O)COc1ccc(F)cc1. The van der Waals surface area contributed by atoms with Crippen molar-refractivity contribution in [1.82, 2.24) is 20.9 Å². The Hall–Kier alpha value is -3.50. The summed E-state index contributed by atoms with van der Waals surface area (Å²) in [4.78, 5) is 66.2. The standard InChI is InChI=1S/C27H33FN4O6/c28-17-4-8-19(9-5-17)38-14-22(33)32-13-16-2-1-3-20(16)23(32)26(36)31-21(12-15-10-11-29-25(15)35)24(34)27(37)30-18-6-7-18/h4-5,8-9,15-16,18,20-21,23H,1-3,6-7,10-14H2,(H,29,35)(H,30,37)(H,31,36)/t15-,16-,20-,21-,23-/m0/s1. The lowest BCUT2D eigenvalue weighted by atomic mass is 9.91. The highest BCUT2D eigenvalue weighted by molar-refractivity contribution is 6.38. The summed E-state index contributed by atoms with van der Waals surface area (Å²) in [6.07, 6.45) is 4.77. The van der Waals surface area contributed by atoms with Crippen molar-refractivity contribution in [2.45, 2.75) is 63.1 Å². The highest BCUT2D eigenvalue weighted by atomic mass is 19.1. The number of hydrogen-bond acceptors (Lipinski definition) is 6. The molecule has 5 atom stereocenters. The first-order chi connectivity index (χ1) is 18.3. The van der Waals surface area contributed by atoms with Crippen LogP contribution in [-0.4, -0.2) is 72.1 Å². The van der Waals surface area contributed by atoms with E-state index in [1.54, 1.807) is 0 Å². The maximum absolute atomic E-state index is 13.7. The summed E-state index contributed by atoms with van der Waals surface area (Å²) in [5.74, 6) is -3.08. The maximum Gasteiger partial charge on any atom is 0.289 e. The Bertz CT molecular complexity index is 1110. The zero-order valence-electron chi connectivity index (χ0n) is 21.1. The average molecular weight is 529 g/mol. The molecule has 4 fully saturated rings. The number of ketones is 1. The van der Waals surface area contributed by atoms with Crippen LogP contribution < -0.4 is 20.7 Å². The fourth-order valence-corrected chi connectivity index (χ4v) is 5.94. The Balaban J connectivity index is 1.29. The Kier molecular flexibility index (Phi) is 7.62. The first kappa shape index (κ1) is 26.1. The van der Waals surface area contributed by atoms with E-state index in [0.29, 0.717) is 25.3 Å². The molecule has 4 amide bonds. The molecule has 38 heavy (non-hydrogen) atoms. The number of benzene rings is 1. The van der Waals surface area contributed by atoms with Gasteiger partial charge in [0, 0.05) is 25.0 Å². The van der Waals surface area contributed by atoms with Gasteiger partial charge in [-0.05, 0) is 74.6 Å². The van der Waals surface area contributed by atoms with Crippen molar-refractivity contribution >= 4 is 29.4 Å². The molecule has 11 heteroatoms. The number of hydrogen-bond donors (Lipinski definition) is 3. The van der Waals surface area contributed by atoms with Gasteiger partial charge < -0.3 is 25.6 Å². The van der Waals surface area contributed by atoms with Gasteiger partial charge in [0.05, 0.1) is 6.04 Å². The summed E-state index contributed by atoms with van der Waals surface area (Å²) in [7, 11) is 0. The van der Waals surface area contributed by atoms with Crippen LogP contribution in [0.25, 0.3) is 0 Å². The molecule has 0 aromatic heterocycles. The van der Waals surface area contributed by atoms with Crippen LogP contribution >= 0.6 is 0 Å². The van der Waals surface area contributed by atoms with E-state index in [0.717, 1.165) is 32.1 Å². The lowest BCUT2D eigenvalue weighted by Gasteiger charge is -2.29. The molecule has 2 heterocycles. The number of rotatable bonds is 10. The molecule has 2 saturated heterocycles. The summed E-state index contributed by atoms with van der Waals surface area (Å²) >= 11 is 0. The van der Waals surface area contributed by atoms with Crippen LogP contribution in [-0.2, 0) is 24.0 Å². The monoisotopic (exact) mass is 528 g/mol. The van der Waals surface area contributed by atoms with E-state index in [4.69, 9.17) is 4.74 Å². The summed E-state index contributed by atoms with van der Waals surface area (Å²) < 4.78 is 18.7. The van der Waals surface area contributed by atoms with Gasteiger partial charge in [-0.15, -0.1) is 0 Å². The number of likely N-dealkylation sites (tertiary alicyclic amines) is 1. The van der Waals surface area contributed by atoms with Gasteiger partial charge in [-0.1, -0.05) is 6.42 Å². The zero-order chi connectivity index (χ0) is 26.8. The number of ether oxygens (including phenoxy) is 1. The second-order valence-corrected chi connectivity index (χ2v) is 10.8. The largest absolute Gasteiger partial charge is 0.484 e. The molecule has 1 aromatic rings. The molecule has 5 rings (SSSR count). The van der Waals surface area contributed by atoms with Gasteiger partial charge in [0.1, 0.15) is 17.6 Å². The fourth-order valence-electron chi connectivity index (χ4n) is 5.94. The van der Waals surface area contributed by atoms with Crippen molar-refractivity contribution in [2.24, 2.45) is 17.8 Å². The number of Topliss-reactive ketones (excluding diaryl/α,β-unsaturated/α-hetero) is 1. The van der Waals surface area contributed by atoms with E-state index in [2.05, 4.69) is 16.0 Å². The van der Waals surface area contributed by atoms with E-state index in [1.165, 1.54) is 29.2 Å². The Morgan fingerprint density at radius 2 is 1.84 bits per heavy atom. The number of carbonyl (C=O) groups is 5. The highest BCUT2D eigenvalue weighted by Crippen LogP contribution is 2.42. The van der Waals surface area contributed by atoms with Crippen molar-refractivity contribution in [2.75, 3.05) is 19.7 Å². The van der Waals surface area contributed by atoms with Gasteiger partial charge in [0.2, 0.25) is 17.6 Å². The number of halogens is 1. The number of amides is 4. The predicted molar refractivity (Wildman–Crippen MR) is 132 cm³/mol. The summed E-state index contributed by atoms with van der Waals surface area (Å²) in [6.45, 7) is 0.568. The van der Waals surface area contributed by atoms with Gasteiger partial charge in [-0.25, -0.2) is 4.39 Å². The van der Waals surface area contributed by atoms with E-state index >= 15 is 0 Å². The molecule has 0 radical (unpaired) electrons. The molecule has 3 N–H and O–H groups in total. The van der Waals surface area contributed by atoms with Gasteiger partial charge in [-0.2, -0.15) is 0 Å². The summed E-state index contributed by atoms with van der Waals surface area (Å²) in [5, 5.41) is 8.15. The Labute approximate surface area is 220 Å². The molecule has 4 aliphatic rings. The summed E-state index contributed by atoms with van der Waals surface area (Å²) in [6, 6.07) is 3.32. The topological polar surface area (TPSA) is 134 Å². The van der Waals surface area contributed by atoms with Crippen LogP contribution in [0.15, 0.2) is 24.3 Å². The summed E-state index contributed by atoms with van der Waals surface area (Å²) in [5.41, 5.74) is 0. The van der Waals surface area contributed by atoms with E-state index in [1.807, 2.05) is 0 Å². The molecule has 0 spiro atoms. The second-order valence-electron chi connectivity index (χ2n) is 10.8.